The molecule has 13 heavy (non-hydrogen) atoms. The van der Waals surface area contributed by atoms with Crippen LogP contribution in [0.1, 0.15) is 11.3 Å². The minimum Gasteiger partial charge on any atom is -0.321 e. The van der Waals surface area contributed by atoms with Crippen LogP contribution in [0.5, 0.6) is 0 Å². The Morgan fingerprint density at radius 1 is 1.62 bits per heavy atom. The maximum Gasteiger partial charge on any atom is 0.168 e. The second-order valence-electron chi connectivity index (χ2n) is 2.39. The average Bonchev–Trinajstić information content (AvgIpc) is 2.10. The van der Waals surface area contributed by atoms with E-state index < -0.39 is 0 Å². The van der Waals surface area contributed by atoms with Gasteiger partial charge in [0, 0.05) is 11.3 Å². The Balaban J connectivity index is 3.15. The molecular weight excluding hydrogens is 234 g/mol. The molecule has 0 spiro atoms. The van der Waals surface area contributed by atoms with Gasteiger partial charge in [0.1, 0.15) is 4.60 Å². The van der Waals surface area contributed by atoms with Crippen LogP contribution in [-0.2, 0) is 0 Å². The number of aryl methyl sites for hydroxylation is 1. The van der Waals surface area contributed by atoms with Gasteiger partial charge in [-0.3, -0.25) is 0 Å². The van der Waals surface area contributed by atoms with Gasteiger partial charge in [-0.25, -0.2) is 10.8 Å². The van der Waals surface area contributed by atoms with Gasteiger partial charge in [0.25, 0.3) is 0 Å². The number of amidine groups is 1. The molecule has 0 radical (unpaired) electrons. The topological polar surface area (TPSA) is 89.3 Å². The third-order valence-electron chi connectivity index (χ3n) is 1.57. The van der Waals surface area contributed by atoms with Gasteiger partial charge in [-0.15, -0.1) is 0 Å². The molecule has 0 amide bonds. The zero-order chi connectivity index (χ0) is 9.84. The summed E-state index contributed by atoms with van der Waals surface area (Å²) in [5.41, 5.74) is 3.99. The van der Waals surface area contributed by atoms with E-state index in [2.05, 4.69) is 31.4 Å². The largest absolute Gasteiger partial charge is 0.321 e. The third kappa shape index (κ3) is 2.16. The van der Waals surface area contributed by atoms with E-state index in [-0.39, 0.29) is 0 Å². The number of nitrogens with one attached hydrogen (secondary N) is 1. The quantitative estimate of drug-likeness (QED) is 0.217. The van der Waals surface area contributed by atoms with Crippen LogP contribution >= 0.6 is 15.9 Å². The molecular formula is C7H10BrN5. The zero-order valence-corrected chi connectivity index (χ0v) is 8.67. The smallest absolute Gasteiger partial charge is 0.168 e. The molecule has 5 nitrogen and oxygen atoms in total. The summed E-state index contributed by atoms with van der Waals surface area (Å²) in [7, 11) is 0. The summed E-state index contributed by atoms with van der Waals surface area (Å²) in [5.74, 6) is 10.8. The van der Waals surface area contributed by atoms with Crippen molar-refractivity contribution >= 4 is 21.8 Å². The maximum atomic E-state index is 5.22. The average molecular weight is 244 g/mol. The number of halogens is 1. The summed E-state index contributed by atoms with van der Waals surface area (Å²) in [6.07, 6.45) is 0. The Bertz CT molecular complexity index is 336. The van der Waals surface area contributed by atoms with Crippen molar-refractivity contribution in [2.45, 2.75) is 6.92 Å². The van der Waals surface area contributed by atoms with Crippen LogP contribution in [0, 0.1) is 6.92 Å². The Hall–Kier alpha value is -1.14. The monoisotopic (exact) mass is 243 g/mol. The molecule has 0 aliphatic rings. The first-order chi connectivity index (χ1) is 6.19. The summed E-state index contributed by atoms with van der Waals surface area (Å²) >= 11 is 3.26. The van der Waals surface area contributed by atoms with Gasteiger partial charge in [-0.2, -0.15) is 5.10 Å². The fourth-order valence-corrected chi connectivity index (χ4v) is 1.36. The fourth-order valence-electron chi connectivity index (χ4n) is 0.965. The van der Waals surface area contributed by atoms with E-state index in [0.29, 0.717) is 5.84 Å². The lowest BCUT2D eigenvalue weighted by molar-refractivity contribution is 0.994. The predicted molar refractivity (Wildman–Crippen MR) is 54.7 cm³/mol. The van der Waals surface area contributed by atoms with Gasteiger partial charge in [-0.1, -0.05) is 0 Å². The van der Waals surface area contributed by atoms with Crippen LogP contribution in [-0.4, -0.2) is 10.8 Å². The van der Waals surface area contributed by atoms with E-state index in [1.54, 1.807) is 6.07 Å². The minimum absolute atomic E-state index is 0.414. The van der Waals surface area contributed by atoms with E-state index in [9.17, 15) is 0 Å². The number of nitrogens with zero attached hydrogens (tertiary/aromatic N) is 2. The zero-order valence-electron chi connectivity index (χ0n) is 7.08. The van der Waals surface area contributed by atoms with Crippen molar-refractivity contribution in [3.05, 3.63) is 28.0 Å². The van der Waals surface area contributed by atoms with Crippen molar-refractivity contribution in [1.29, 1.82) is 0 Å². The normalized spacial score (nSPS) is 11.5. The number of nitrogens with two attached hydrogens (primary N) is 2. The minimum atomic E-state index is 0.414. The Kier molecular flexibility index (Phi) is 3.21. The number of aromatic nitrogens is 1. The highest BCUT2D eigenvalue weighted by Crippen LogP contribution is 2.11. The summed E-state index contributed by atoms with van der Waals surface area (Å²) < 4.78 is 0.766. The Labute approximate surface area is 84.3 Å². The van der Waals surface area contributed by atoms with Crippen molar-refractivity contribution in [3.63, 3.8) is 0 Å². The number of rotatable bonds is 1. The molecule has 0 unspecified atom stereocenters. The maximum absolute atomic E-state index is 5.22. The number of hydrazine groups is 1. The summed E-state index contributed by atoms with van der Waals surface area (Å²) in [4.78, 5) is 4.18. The number of hydrazone groups is 1. The Morgan fingerprint density at radius 3 is 2.77 bits per heavy atom. The predicted octanol–water partition coefficient (Wildman–Crippen LogP) is 0.236. The highest BCUT2D eigenvalue weighted by molar-refractivity contribution is 9.10. The first kappa shape index (κ1) is 9.94. The van der Waals surface area contributed by atoms with Crippen molar-refractivity contribution in [2.24, 2.45) is 16.8 Å². The summed E-state index contributed by atoms with van der Waals surface area (Å²) in [6.45, 7) is 1.85. The van der Waals surface area contributed by atoms with Crippen LogP contribution in [0.25, 0.3) is 0 Å². The van der Waals surface area contributed by atoms with E-state index in [1.807, 2.05) is 13.0 Å². The molecule has 0 atom stereocenters. The highest BCUT2D eigenvalue weighted by atomic mass is 79.9. The second-order valence-corrected chi connectivity index (χ2v) is 3.20. The molecule has 0 saturated heterocycles. The first-order valence-electron chi connectivity index (χ1n) is 3.57. The van der Waals surface area contributed by atoms with Gasteiger partial charge >= 0.3 is 0 Å². The second kappa shape index (κ2) is 4.20. The molecule has 0 aromatic carbocycles. The van der Waals surface area contributed by atoms with Gasteiger partial charge in [0.05, 0.1) is 0 Å². The highest BCUT2D eigenvalue weighted by Gasteiger charge is 2.06. The van der Waals surface area contributed by atoms with Crippen molar-refractivity contribution < 1.29 is 0 Å². The van der Waals surface area contributed by atoms with E-state index in [0.717, 1.165) is 15.9 Å². The van der Waals surface area contributed by atoms with Crippen molar-refractivity contribution in [3.8, 4) is 0 Å². The lowest BCUT2D eigenvalue weighted by Crippen LogP contribution is -2.32. The summed E-state index contributed by atoms with van der Waals surface area (Å²) in [5, 5.41) is 3.49. The van der Waals surface area contributed by atoms with Gasteiger partial charge in [0.2, 0.25) is 0 Å². The molecule has 0 saturated carbocycles. The van der Waals surface area contributed by atoms with Crippen LogP contribution in [0.2, 0.25) is 0 Å². The Morgan fingerprint density at radius 2 is 2.31 bits per heavy atom. The standard InChI is InChI=1S/C7H10BrN5/c1-4-5(7(12-9)13-10)2-3-6(8)11-4/h2-3H,9-10H2,1H3,(H,12,13). The lowest BCUT2D eigenvalue weighted by atomic mass is 10.2. The van der Waals surface area contributed by atoms with E-state index >= 15 is 0 Å². The fraction of sp³-hybridized carbons (Fsp3) is 0.143. The number of hydrogen-bond donors (Lipinski definition) is 3. The van der Waals surface area contributed by atoms with Crippen molar-refractivity contribution in [2.75, 3.05) is 0 Å². The molecule has 0 aliphatic carbocycles. The first-order valence-corrected chi connectivity index (χ1v) is 4.36. The number of hydrogen-bond acceptors (Lipinski definition) is 4. The van der Waals surface area contributed by atoms with Crippen molar-refractivity contribution in [1.82, 2.24) is 10.4 Å². The van der Waals surface area contributed by atoms with Gasteiger partial charge in [0.15, 0.2) is 5.84 Å². The molecule has 0 bridgehead atoms. The summed E-state index contributed by atoms with van der Waals surface area (Å²) in [6, 6.07) is 3.63. The molecule has 1 heterocycles. The van der Waals surface area contributed by atoms with Gasteiger partial charge < -0.3 is 11.3 Å². The molecule has 1 aromatic heterocycles. The van der Waals surface area contributed by atoms with Crippen LogP contribution in [0.15, 0.2) is 21.8 Å². The van der Waals surface area contributed by atoms with Crippen LogP contribution < -0.4 is 17.1 Å². The van der Waals surface area contributed by atoms with Crippen LogP contribution in [0.4, 0.5) is 0 Å². The molecule has 6 heteroatoms. The SMILES string of the molecule is Cc1nc(Br)ccc1C(=NN)NN. The lowest BCUT2D eigenvalue weighted by Gasteiger charge is -2.06. The van der Waals surface area contributed by atoms with Gasteiger partial charge in [-0.05, 0) is 35.0 Å². The van der Waals surface area contributed by atoms with E-state index in [1.165, 1.54) is 0 Å². The van der Waals surface area contributed by atoms with E-state index in [4.69, 9.17) is 11.7 Å². The van der Waals surface area contributed by atoms with Crippen LogP contribution in [0.3, 0.4) is 0 Å². The molecule has 5 N–H and O–H groups in total. The number of pyridine rings is 1. The molecule has 1 rings (SSSR count). The molecule has 1 aromatic rings. The third-order valence-corrected chi connectivity index (χ3v) is 2.01. The molecule has 0 fully saturated rings. The molecule has 0 aliphatic heterocycles. The molecule has 70 valence electrons.